The molecule has 0 spiro atoms. The first-order valence-corrected chi connectivity index (χ1v) is 11.9. The van der Waals surface area contributed by atoms with Gasteiger partial charge in [0.05, 0.1) is 24.7 Å². The van der Waals surface area contributed by atoms with Gasteiger partial charge in [-0.25, -0.2) is 0 Å². The van der Waals surface area contributed by atoms with E-state index < -0.39 is 0 Å². The number of amides is 1. The molecule has 2 aliphatic rings. The van der Waals surface area contributed by atoms with Crippen LogP contribution in [0, 0.1) is 10.1 Å². The van der Waals surface area contributed by atoms with E-state index in [4.69, 9.17) is 9.47 Å². The highest BCUT2D eigenvalue weighted by atomic mass is 16.6. The number of carbonyl (C=O) groups is 1. The average Bonchev–Trinajstić information content (AvgIpc) is 2.89. The van der Waals surface area contributed by atoms with Gasteiger partial charge in [-0.2, -0.15) is 0 Å². The molecule has 182 valence electrons. The summed E-state index contributed by atoms with van der Waals surface area (Å²) in [6.45, 7) is 7.66. The van der Waals surface area contributed by atoms with Crippen LogP contribution in [0.5, 0.6) is 5.75 Å². The first kappa shape index (κ1) is 23.8. The van der Waals surface area contributed by atoms with E-state index in [0.29, 0.717) is 70.3 Å². The van der Waals surface area contributed by atoms with Crippen LogP contribution in [0.4, 0.5) is 17.1 Å². The van der Waals surface area contributed by atoms with Gasteiger partial charge in [-0.3, -0.25) is 14.9 Å². The predicted octanol–water partition coefficient (Wildman–Crippen LogP) is 3.57. The zero-order valence-electron chi connectivity index (χ0n) is 19.6. The summed E-state index contributed by atoms with van der Waals surface area (Å²) >= 11 is 0. The molecule has 2 heterocycles. The average molecular weight is 469 g/mol. The molecule has 2 aromatic rings. The van der Waals surface area contributed by atoms with Crippen molar-refractivity contribution in [2.75, 3.05) is 68.9 Å². The lowest BCUT2D eigenvalue weighted by Gasteiger charge is -2.37. The van der Waals surface area contributed by atoms with Crippen LogP contribution in [-0.4, -0.2) is 74.8 Å². The van der Waals surface area contributed by atoms with Crippen molar-refractivity contribution >= 4 is 23.0 Å². The molecular formula is C25H32N4O5. The number of nitrogens with zero attached hydrogens (tertiary/aromatic N) is 4. The van der Waals surface area contributed by atoms with Crippen molar-refractivity contribution in [1.29, 1.82) is 0 Å². The Morgan fingerprint density at radius 2 is 1.79 bits per heavy atom. The van der Waals surface area contributed by atoms with Gasteiger partial charge < -0.3 is 24.2 Å². The third kappa shape index (κ3) is 5.59. The molecule has 0 bridgehead atoms. The molecule has 0 N–H and O–H groups in total. The fourth-order valence-electron chi connectivity index (χ4n) is 4.32. The zero-order chi connectivity index (χ0) is 23.9. The van der Waals surface area contributed by atoms with E-state index in [1.54, 1.807) is 12.1 Å². The van der Waals surface area contributed by atoms with Crippen molar-refractivity contribution in [2.24, 2.45) is 0 Å². The fourth-order valence-corrected chi connectivity index (χ4v) is 4.32. The van der Waals surface area contributed by atoms with Gasteiger partial charge in [0, 0.05) is 56.6 Å². The Bertz CT molecular complexity index is 1000. The molecule has 0 radical (unpaired) electrons. The third-order valence-electron chi connectivity index (χ3n) is 6.29. The molecule has 2 aromatic carbocycles. The lowest BCUT2D eigenvalue weighted by atomic mass is 10.1. The number of ether oxygens (including phenoxy) is 2. The summed E-state index contributed by atoms with van der Waals surface area (Å²) in [5.74, 6) is 0.720. The molecule has 1 amide bonds. The first-order chi connectivity index (χ1) is 16.6. The van der Waals surface area contributed by atoms with E-state index in [1.807, 2.05) is 40.1 Å². The summed E-state index contributed by atoms with van der Waals surface area (Å²) in [5.41, 5.74) is 2.31. The van der Waals surface area contributed by atoms with E-state index >= 15 is 0 Å². The summed E-state index contributed by atoms with van der Waals surface area (Å²) in [7, 11) is 0. The Labute approximate surface area is 200 Å². The van der Waals surface area contributed by atoms with Gasteiger partial charge in [0.2, 0.25) is 0 Å². The molecule has 0 atom stereocenters. The van der Waals surface area contributed by atoms with Crippen molar-refractivity contribution in [3.05, 3.63) is 58.1 Å². The Morgan fingerprint density at radius 3 is 2.50 bits per heavy atom. The van der Waals surface area contributed by atoms with Crippen molar-refractivity contribution < 1.29 is 19.2 Å². The minimum atomic E-state index is -0.328. The summed E-state index contributed by atoms with van der Waals surface area (Å²) in [6, 6.07) is 12.7. The smallest absolute Gasteiger partial charge is 0.292 e. The van der Waals surface area contributed by atoms with Crippen LogP contribution in [0.1, 0.15) is 30.1 Å². The molecule has 0 aromatic heterocycles. The number of rotatable bonds is 8. The van der Waals surface area contributed by atoms with Crippen LogP contribution < -0.4 is 14.5 Å². The summed E-state index contributed by atoms with van der Waals surface area (Å²) in [4.78, 5) is 30.4. The molecular weight excluding hydrogens is 436 g/mol. The number of unbranched alkanes of at least 4 members (excludes halogenated alkanes) is 1. The normalized spacial score (nSPS) is 16.4. The van der Waals surface area contributed by atoms with Gasteiger partial charge in [0.25, 0.3) is 11.6 Å². The van der Waals surface area contributed by atoms with E-state index in [0.717, 1.165) is 24.3 Å². The molecule has 0 saturated carbocycles. The summed E-state index contributed by atoms with van der Waals surface area (Å²) < 4.78 is 11.2. The molecule has 2 fully saturated rings. The number of benzene rings is 2. The molecule has 0 unspecified atom stereocenters. The van der Waals surface area contributed by atoms with Crippen LogP contribution in [-0.2, 0) is 4.74 Å². The highest BCUT2D eigenvalue weighted by Gasteiger charge is 2.26. The Balaban J connectivity index is 1.41. The highest BCUT2D eigenvalue weighted by molar-refractivity contribution is 5.94. The van der Waals surface area contributed by atoms with E-state index in [1.165, 1.54) is 0 Å². The van der Waals surface area contributed by atoms with Gasteiger partial charge >= 0.3 is 0 Å². The summed E-state index contributed by atoms with van der Waals surface area (Å²) in [5, 5.41) is 11.6. The second-order valence-electron chi connectivity index (χ2n) is 8.54. The van der Waals surface area contributed by atoms with Gasteiger partial charge in [0.1, 0.15) is 11.4 Å². The highest BCUT2D eigenvalue weighted by Crippen LogP contribution is 2.33. The third-order valence-corrected chi connectivity index (χ3v) is 6.29. The zero-order valence-corrected chi connectivity index (χ0v) is 19.6. The fraction of sp³-hybridized carbons (Fsp3) is 0.480. The first-order valence-electron chi connectivity index (χ1n) is 11.9. The van der Waals surface area contributed by atoms with Crippen LogP contribution in [0.15, 0.2) is 42.5 Å². The lowest BCUT2D eigenvalue weighted by Crippen LogP contribution is -2.48. The maximum atomic E-state index is 13.1. The maximum absolute atomic E-state index is 13.1. The molecule has 34 heavy (non-hydrogen) atoms. The topological polar surface area (TPSA) is 88.4 Å². The molecule has 2 aliphatic heterocycles. The molecule has 4 rings (SSSR count). The van der Waals surface area contributed by atoms with Crippen molar-refractivity contribution in [3.63, 3.8) is 0 Å². The van der Waals surface area contributed by atoms with Gasteiger partial charge in [-0.1, -0.05) is 19.4 Å². The minimum absolute atomic E-state index is 0.00158. The van der Waals surface area contributed by atoms with Crippen molar-refractivity contribution in [1.82, 2.24) is 4.90 Å². The van der Waals surface area contributed by atoms with E-state index in [-0.39, 0.29) is 16.5 Å². The van der Waals surface area contributed by atoms with Crippen LogP contribution in [0.3, 0.4) is 0 Å². The molecule has 9 nitrogen and oxygen atoms in total. The molecule has 9 heteroatoms. The minimum Gasteiger partial charge on any atom is -0.494 e. The molecule has 0 aliphatic carbocycles. The van der Waals surface area contributed by atoms with Gasteiger partial charge in [-0.15, -0.1) is 0 Å². The SMILES string of the molecule is CCCCOc1cccc(C(=O)N2CCN(c3ccc([N+](=O)[O-])c(N4CCOCC4)c3)CC2)c1. The van der Waals surface area contributed by atoms with Crippen molar-refractivity contribution in [2.45, 2.75) is 19.8 Å². The number of carbonyl (C=O) groups excluding carboxylic acids is 1. The van der Waals surface area contributed by atoms with Crippen LogP contribution in [0.25, 0.3) is 0 Å². The van der Waals surface area contributed by atoms with Crippen molar-refractivity contribution in [3.8, 4) is 5.75 Å². The second-order valence-corrected chi connectivity index (χ2v) is 8.54. The Hall–Kier alpha value is -3.33. The van der Waals surface area contributed by atoms with Gasteiger partial charge in [-0.05, 0) is 36.8 Å². The number of hydrogen-bond donors (Lipinski definition) is 0. The van der Waals surface area contributed by atoms with Crippen LogP contribution in [0.2, 0.25) is 0 Å². The number of hydrogen-bond acceptors (Lipinski definition) is 7. The number of piperazine rings is 1. The Morgan fingerprint density at radius 1 is 1.03 bits per heavy atom. The van der Waals surface area contributed by atoms with Gasteiger partial charge in [0.15, 0.2) is 0 Å². The van der Waals surface area contributed by atoms with E-state index in [9.17, 15) is 14.9 Å². The monoisotopic (exact) mass is 468 g/mol. The maximum Gasteiger partial charge on any atom is 0.292 e. The molecule has 2 saturated heterocycles. The van der Waals surface area contributed by atoms with Crippen LogP contribution >= 0.6 is 0 Å². The number of nitro benzene ring substituents is 1. The number of morpholine rings is 1. The Kier molecular flexibility index (Phi) is 7.84. The number of anilines is 2. The number of nitro groups is 1. The largest absolute Gasteiger partial charge is 0.494 e. The predicted molar refractivity (Wildman–Crippen MR) is 131 cm³/mol. The quantitative estimate of drug-likeness (QED) is 0.332. The lowest BCUT2D eigenvalue weighted by molar-refractivity contribution is -0.384. The summed E-state index contributed by atoms with van der Waals surface area (Å²) in [6.07, 6.45) is 2.04. The standard InChI is InChI=1S/C25H32N4O5/c1-2-3-15-34-22-6-4-5-20(18-22)25(30)28-11-9-26(10-12-28)21-7-8-23(29(31)32)24(19-21)27-13-16-33-17-14-27/h4-8,18-19H,2-3,9-17H2,1H3. The second kappa shape index (κ2) is 11.2. The van der Waals surface area contributed by atoms with E-state index in [2.05, 4.69) is 11.8 Å².